The first-order valence-electron chi connectivity index (χ1n) is 5.75. The first kappa shape index (κ1) is 11.8. The number of pyridine rings is 1. The Bertz CT molecular complexity index is 361. The fraction of sp³-hybridized carbons (Fsp3) is 0.583. The molecule has 1 aromatic rings. The van der Waals surface area contributed by atoms with Crippen LogP contribution >= 0.6 is 11.6 Å². The second-order valence-electron chi connectivity index (χ2n) is 4.30. The van der Waals surface area contributed by atoms with Gasteiger partial charge in [0.1, 0.15) is 0 Å². The highest BCUT2D eigenvalue weighted by molar-refractivity contribution is 6.31. The predicted octanol–water partition coefficient (Wildman–Crippen LogP) is 2.01. The lowest BCUT2D eigenvalue weighted by Crippen LogP contribution is -2.44. The molecule has 0 bridgehead atoms. The molecular formula is C12H18ClN3. The molecule has 1 aliphatic rings. The van der Waals surface area contributed by atoms with Crippen molar-refractivity contribution in [2.24, 2.45) is 0 Å². The van der Waals surface area contributed by atoms with Gasteiger partial charge in [0.25, 0.3) is 0 Å². The van der Waals surface area contributed by atoms with Gasteiger partial charge in [-0.2, -0.15) is 0 Å². The van der Waals surface area contributed by atoms with E-state index in [1.54, 1.807) is 6.20 Å². The molecule has 1 aliphatic heterocycles. The Morgan fingerprint density at radius 3 is 2.75 bits per heavy atom. The molecule has 16 heavy (non-hydrogen) atoms. The van der Waals surface area contributed by atoms with Crippen LogP contribution in [0.25, 0.3) is 0 Å². The third-order valence-corrected chi connectivity index (χ3v) is 3.72. The van der Waals surface area contributed by atoms with Gasteiger partial charge in [0.2, 0.25) is 0 Å². The van der Waals surface area contributed by atoms with E-state index < -0.39 is 0 Å². The SMILES string of the molecule is Cc1c(Cl)cncc1C(C)N1CCNCC1. The summed E-state index contributed by atoms with van der Waals surface area (Å²) in [5, 5.41) is 4.13. The number of rotatable bonds is 2. The summed E-state index contributed by atoms with van der Waals surface area (Å²) in [6, 6.07) is 0.397. The summed E-state index contributed by atoms with van der Waals surface area (Å²) in [6.07, 6.45) is 3.65. The first-order valence-corrected chi connectivity index (χ1v) is 6.12. The highest BCUT2D eigenvalue weighted by Crippen LogP contribution is 2.26. The van der Waals surface area contributed by atoms with Crippen molar-refractivity contribution in [1.82, 2.24) is 15.2 Å². The van der Waals surface area contributed by atoms with E-state index in [1.165, 1.54) is 5.56 Å². The Balaban J connectivity index is 2.19. The second-order valence-corrected chi connectivity index (χ2v) is 4.70. The molecular weight excluding hydrogens is 222 g/mol. The number of halogens is 1. The van der Waals surface area contributed by atoms with Crippen LogP contribution in [0.1, 0.15) is 24.1 Å². The summed E-state index contributed by atoms with van der Waals surface area (Å²) in [6.45, 7) is 8.61. The van der Waals surface area contributed by atoms with Crippen LogP contribution in [0.15, 0.2) is 12.4 Å². The van der Waals surface area contributed by atoms with Crippen molar-refractivity contribution in [3.8, 4) is 0 Å². The smallest absolute Gasteiger partial charge is 0.0621 e. The van der Waals surface area contributed by atoms with Crippen molar-refractivity contribution in [2.45, 2.75) is 19.9 Å². The van der Waals surface area contributed by atoms with Gasteiger partial charge in [-0.25, -0.2) is 0 Å². The van der Waals surface area contributed by atoms with Gasteiger partial charge in [-0.1, -0.05) is 11.6 Å². The molecule has 0 saturated carbocycles. The molecule has 0 amide bonds. The number of nitrogens with zero attached hydrogens (tertiary/aromatic N) is 2. The number of hydrogen-bond acceptors (Lipinski definition) is 3. The van der Waals surface area contributed by atoms with E-state index in [2.05, 4.69) is 29.0 Å². The van der Waals surface area contributed by atoms with Crippen molar-refractivity contribution < 1.29 is 0 Å². The van der Waals surface area contributed by atoms with Crippen molar-refractivity contribution in [3.63, 3.8) is 0 Å². The second kappa shape index (κ2) is 5.13. The Morgan fingerprint density at radius 2 is 2.06 bits per heavy atom. The molecule has 0 spiro atoms. The van der Waals surface area contributed by atoms with Crippen molar-refractivity contribution in [1.29, 1.82) is 0 Å². The molecule has 88 valence electrons. The van der Waals surface area contributed by atoms with E-state index >= 15 is 0 Å². The van der Waals surface area contributed by atoms with Crippen LogP contribution in [0, 0.1) is 6.92 Å². The van der Waals surface area contributed by atoms with Crippen LogP contribution in [0.5, 0.6) is 0 Å². The van der Waals surface area contributed by atoms with Gasteiger partial charge in [-0.05, 0) is 25.0 Å². The van der Waals surface area contributed by atoms with Crippen LogP contribution in [0.4, 0.5) is 0 Å². The average molecular weight is 240 g/mol. The molecule has 1 atom stereocenters. The van der Waals surface area contributed by atoms with Gasteiger partial charge in [-0.15, -0.1) is 0 Å². The molecule has 2 heterocycles. The highest BCUT2D eigenvalue weighted by atomic mass is 35.5. The van der Waals surface area contributed by atoms with Gasteiger partial charge in [-0.3, -0.25) is 9.88 Å². The number of piperazine rings is 1. The Morgan fingerprint density at radius 1 is 1.38 bits per heavy atom. The maximum Gasteiger partial charge on any atom is 0.0621 e. The van der Waals surface area contributed by atoms with Gasteiger partial charge < -0.3 is 5.32 Å². The normalized spacial score (nSPS) is 19.7. The Hall–Kier alpha value is -0.640. The third-order valence-electron chi connectivity index (χ3n) is 3.34. The monoisotopic (exact) mass is 239 g/mol. The molecule has 1 N–H and O–H groups in total. The quantitative estimate of drug-likeness (QED) is 0.856. The molecule has 1 aromatic heterocycles. The van der Waals surface area contributed by atoms with E-state index in [9.17, 15) is 0 Å². The minimum atomic E-state index is 0.397. The standard InChI is InChI=1S/C12H18ClN3/c1-9-11(7-15-8-12(9)13)10(2)16-5-3-14-4-6-16/h7-8,10,14H,3-6H2,1-2H3. The van der Waals surface area contributed by atoms with Crippen LogP contribution in [-0.4, -0.2) is 36.1 Å². The average Bonchev–Trinajstić information content (AvgIpc) is 2.33. The number of hydrogen-bond donors (Lipinski definition) is 1. The minimum Gasteiger partial charge on any atom is -0.314 e. The van der Waals surface area contributed by atoms with Gasteiger partial charge >= 0.3 is 0 Å². The van der Waals surface area contributed by atoms with Crippen LogP contribution in [0.3, 0.4) is 0 Å². The van der Waals surface area contributed by atoms with E-state index in [-0.39, 0.29) is 0 Å². The third kappa shape index (κ3) is 2.37. The van der Waals surface area contributed by atoms with E-state index in [0.717, 1.165) is 36.8 Å². The number of nitrogens with one attached hydrogen (secondary N) is 1. The molecule has 0 aromatic carbocycles. The first-order chi connectivity index (χ1) is 7.70. The summed E-state index contributed by atoms with van der Waals surface area (Å²) in [7, 11) is 0. The van der Waals surface area contributed by atoms with E-state index in [0.29, 0.717) is 6.04 Å². The van der Waals surface area contributed by atoms with Crippen LogP contribution in [0.2, 0.25) is 5.02 Å². The van der Waals surface area contributed by atoms with E-state index in [1.807, 2.05) is 6.20 Å². The summed E-state index contributed by atoms with van der Waals surface area (Å²) >= 11 is 6.10. The minimum absolute atomic E-state index is 0.397. The Labute approximate surface area is 102 Å². The molecule has 3 nitrogen and oxygen atoms in total. The van der Waals surface area contributed by atoms with Crippen LogP contribution in [-0.2, 0) is 0 Å². The van der Waals surface area contributed by atoms with E-state index in [4.69, 9.17) is 11.6 Å². The van der Waals surface area contributed by atoms with Crippen LogP contribution < -0.4 is 5.32 Å². The molecule has 2 rings (SSSR count). The number of aromatic nitrogens is 1. The molecule has 0 radical (unpaired) electrons. The van der Waals surface area contributed by atoms with Gasteiger partial charge in [0, 0.05) is 44.6 Å². The maximum absolute atomic E-state index is 6.10. The van der Waals surface area contributed by atoms with Crippen molar-refractivity contribution >= 4 is 11.6 Å². The fourth-order valence-corrected chi connectivity index (χ4v) is 2.37. The molecule has 1 fully saturated rings. The largest absolute Gasteiger partial charge is 0.314 e. The molecule has 4 heteroatoms. The lowest BCUT2D eigenvalue weighted by Gasteiger charge is -2.33. The zero-order chi connectivity index (χ0) is 11.5. The summed E-state index contributed by atoms with van der Waals surface area (Å²) in [5.41, 5.74) is 2.40. The summed E-state index contributed by atoms with van der Waals surface area (Å²) < 4.78 is 0. The zero-order valence-corrected chi connectivity index (χ0v) is 10.6. The zero-order valence-electron chi connectivity index (χ0n) is 9.83. The lowest BCUT2D eigenvalue weighted by molar-refractivity contribution is 0.185. The maximum atomic E-state index is 6.10. The van der Waals surface area contributed by atoms with Gasteiger partial charge in [0.15, 0.2) is 0 Å². The topological polar surface area (TPSA) is 28.2 Å². The highest BCUT2D eigenvalue weighted by Gasteiger charge is 2.20. The molecule has 1 unspecified atom stereocenters. The summed E-state index contributed by atoms with van der Waals surface area (Å²) in [4.78, 5) is 6.66. The fourth-order valence-electron chi connectivity index (χ4n) is 2.20. The molecule has 1 saturated heterocycles. The Kier molecular flexibility index (Phi) is 3.79. The lowest BCUT2D eigenvalue weighted by atomic mass is 10.0. The van der Waals surface area contributed by atoms with Crippen molar-refractivity contribution in [3.05, 3.63) is 28.5 Å². The predicted molar refractivity (Wildman–Crippen MR) is 66.8 cm³/mol. The summed E-state index contributed by atoms with van der Waals surface area (Å²) in [5.74, 6) is 0. The molecule has 0 aliphatic carbocycles. The van der Waals surface area contributed by atoms with Crippen molar-refractivity contribution in [2.75, 3.05) is 26.2 Å². The van der Waals surface area contributed by atoms with Gasteiger partial charge in [0.05, 0.1) is 5.02 Å².